The Morgan fingerprint density at radius 3 is 2.77 bits per heavy atom. The van der Waals surface area contributed by atoms with Crippen LogP contribution in [0.25, 0.3) is 0 Å². The second-order valence-electron chi connectivity index (χ2n) is 3.08. The molecule has 1 aliphatic rings. The molecule has 0 aromatic rings. The molecule has 0 spiro atoms. The Bertz CT molecular complexity index is 218. The highest BCUT2D eigenvalue weighted by Gasteiger charge is 2.15. The smallest absolute Gasteiger partial charge is 0.247 e. The van der Waals surface area contributed by atoms with E-state index in [1.54, 1.807) is 7.11 Å². The summed E-state index contributed by atoms with van der Waals surface area (Å²) in [6, 6.07) is 0. The maximum Gasteiger partial charge on any atom is 0.247 e. The summed E-state index contributed by atoms with van der Waals surface area (Å²) in [4.78, 5) is 11.4. The van der Waals surface area contributed by atoms with E-state index in [1.807, 2.05) is 6.92 Å². The first-order valence-electron chi connectivity index (χ1n) is 4.42. The highest BCUT2D eigenvalue weighted by atomic mass is 16.5. The van der Waals surface area contributed by atoms with Crippen LogP contribution < -0.4 is 10.6 Å². The van der Waals surface area contributed by atoms with Crippen molar-refractivity contribution < 1.29 is 9.53 Å². The molecule has 1 rings (SSSR count). The van der Waals surface area contributed by atoms with Gasteiger partial charge in [0.25, 0.3) is 0 Å². The minimum absolute atomic E-state index is 0.0218. The van der Waals surface area contributed by atoms with Gasteiger partial charge in [0.2, 0.25) is 5.91 Å². The third-order valence-corrected chi connectivity index (χ3v) is 2.14. The van der Waals surface area contributed by atoms with Gasteiger partial charge in [0.1, 0.15) is 0 Å². The fourth-order valence-corrected chi connectivity index (χ4v) is 1.07. The molecule has 0 radical (unpaired) electrons. The normalized spacial score (nSPS) is 15.1. The van der Waals surface area contributed by atoms with E-state index in [0.717, 1.165) is 18.7 Å². The van der Waals surface area contributed by atoms with E-state index in [1.165, 1.54) is 5.57 Å². The second kappa shape index (κ2) is 4.99. The molecule has 0 bridgehead atoms. The predicted molar refractivity (Wildman–Crippen MR) is 50.5 cm³/mol. The van der Waals surface area contributed by atoms with Gasteiger partial charge in [-0.1, -0.05) is 0 Å². The van der Waals surface area contributed by atoms with Crippen molar-refractivity contribution in [2.75, 3.05) is 33.4 Å². The summed E-state index contributed by atoms with van der Waals surface area (Å²) in [5, 5.41) is 5.88. The summed E-state index contributed by atoms with van der Waals surface area (Å²) in [5.41, 5.74) is 2.05. The van der Waals surface area contributed by atoms with Crippen molar-refractivity contribution in [2.24, 2.45) is 0 Å². The Labute approximate surface area is 78.3 Å². The van der Waals surface area contributed by atoms with Crippen LogP contribution in [0.2, 0.25) is 0 Å². The van der Waals surface area contributed by atoms with Crippen molar-refractivity contribution in [2.45, 2.75) is 6.92 Å². The van der Waals surface area contributed by atoms with E-state index >= 15 is 0 Å². The summed E-state index contributed by atoms with van der Waals surface area (Å²) in [5.74, 6) is 0.0218. The highest BCUT2D eigenvalue weighted by Crippen LogP contribution is 2.08. The van der Waals surface area contributed by atoms with Gasteiger partial charge in [0, 0.05) is 32.3 Å². The molecule has 1 fully saturated rings. The lowest BCUT2D eigenvalue weighted by Crippen LogP contribution is -2.38. The molecular weight excluding hydrogens is 168 g/mol. The van der Waals surface area contributed by atoms with Gasteiger partial charge in [0.05, 0.1) is 6.61 Å². The van der Waals surface area contributed by atoms with Crippen LogP contribution >= 0.6 is 0 Å². The minimum Gasteiger partial charge on any atom is -0.383 e. The monoisotopic (exact) mass is 184 g/mol. The zero-order valence-corrected chi connectivity index (χ0v) is 8.14. The molecule has 4 heteroatoms. The van der Waals surface area contributed by atoms with Gasteiger partial charge >= 0.3 is 0 Å². The fraction of sp³-hybridized carbons (Fsp3) is 0.667. The third-order valence-electron chi connectivity index (χ3n) is 2.14. The summed E-state index contributed by atoms with van der Waals surface area (Å²) in [6.45, 7) is 4.70. The first-order valence-corrected chi connectivity index (χ1v) is 4.42. The zero-order valence-electron chi connectivity index (χ0n) is 8.14. The molecule has 0 saturated carbocycles. The average Bonchev–Trinajstić information content (AvgIpc) is 2.01. The molecule has 1 aliphatic heterocycles. The van der Waals surface area contributed by atoms with Crippen molar-refractivity contribution in [1.82, 2.24) is 10.6 Å². The Balaban J connectivity index is 2.30. The summed E-state index contributed by atoms with van der Waals surface area (Å²) < 4.78 is 4.83. The lowest BCUT2D eigenvalue weighted by molar-refractivity contribution is -0.117. The van der Waals surface area contributed by atoms with E-state index in [2.05, 4.69) is 10.6 Å². The number of ether oxygens (including phenoxy) is 1. The van der Waals surface area contributed by atoms with Gasteiger partial charge in [-0.3, -0.25) is 4.79 Å². The number of carbonyl (C=O) groups is 1. The molecule has 0 unspecified atom stereocenters. The van der Waals surface area contributed by atoms with Gasteiger partial charge in [-0.25, -0.2) is 0 Å². The number of rotatable bonds is 4. The molecule has 0 atom stereocenters. The molecule has 0 aromatic heterocycles. The van der Waals surface area contributed by atoms with Gasteiger partial charge < -0.3 is 15.4 Å². The van der Waals surface area contributed by atoms with Crippen molar-refractivity contribution in [3.63, 3.8) is 0 Å². The van der Waals surface area contributed by atoms with E-state index in [0.29, 0.717) is 13.2 Å². The number of hydrogen-bond donors (Lipinski definition) is 2. The number of nitrogens with one attached hydrogen (secondary N) is 2. The number of hydrogen-bond acceptors (Lipinski definition) is 3. The van der Waals surface area contributed by atoms with Gasteiger partial charge in [-0.15, -0.1) is 0 Å². The molecule has 1 heterocycles. The summed E-state index contributed by atoms with van der Waals surface area (Å²) >= 11 is 0. The van der Waals surface area contributed by atoms with Crippen LogP contribution in [0.15, 0.2) is 11.1 Å². The van der Waals surface area contributed by atoms with Crippen LogP contribution in [-0.2, 0) is 9.53 Å². The van der Waals surface area contributed by atoms with E-state index in [9.17, 15) is 4.79 Å². The van der Waals surface area contributed by atoms with Crippen LogP contribution in [0.3, 0.4) is 0 Å². The molecule has 4 nitrogen and oxygen atoms in total. The largest absolute Gasteiger partial charge is 0.383 e. The van der Waals surface area contributed by atoms with Crippen molar-refractivity contribution in [1.29, 1.82) is 0 Å². The number of amides is 1. The predicted octanol–water partition coefficient (Wildman–Crippen LogP) is -0.331. The summed E-state index contributed by atoms with van der Waals surface area (Å²) in [7, 11) is 1.62. The summed E-state index contributed by atoms with van der Waals surface area (Å²) in [6.07, 6.45) is 0. The molecule has 74 valence electrons. The highest BCUT2D eigenvalue weighted by molar-refractivity contribution is 5.93. The first kappa shape index (κ1) is 10.2. The zero-order chi connectivity index (χ0) is 9.68. The SMILES string of the molecule is COCCNC(=O)C(C)=C1CNC1. The maximum absolute atomic E-state index is 11.4. The minimum atomic E-state index is 0.0218. The Hall–Kier alpha value is -0.870. The number of methoxy groups -OCH3 is 1. The number of carbonyl (C=O) groups excluding carboxylic acids is 1. The van der Waals surface area contributed by atoms with Gasteiger partial charge in [0.15, 0.2) is 0 Å². The molecule has 1 amide bonds. The van der Waals surface area contributed by atoms with Crippen molar-refractivity contribution in [3.05, 3.63) is 11.1 Å². The Kier molecular flexibility index (Phi) is 3.92. The van der Waals surface area contributed by atoms with E-state index in [-0.39, 0.29) is 5.91 Å². The van der Waals surface area contributed by atoms with E-state index < -0.39 is 0 Å². The van der Waals surface area contributed by atoms with Crippen molar-refractivity contribution in [3.8, 4) is 0 Å². The third kappa shape index (κ3) is 2.82. The Morgan fingerprint density at radius 2 is 2.31 bits per heavy atom. The molecule has 0 aromatic carbocycles. The van der Waals surface area contributed by atoms with Crippen LogP contribution in [-0.4, -0.2) is 39.3 Å². The van der Waals surface area contributed by atoms with Crippen LogP contribution in [0.4, 0.5) is 0 Å². The average molecular weight is 184 g/mol. The topological polar surface area (TPSA) is 50.4 Å². The Morgan fingerprint density at radius 1 is 1.62 bits per heavy atom. The van der Waals surface area contributed by atoms with Crippen LogP contribution in [0, 0.1) is 0 Å². The first-order chi connectivity index (χ1) is 6.25. The van der Waals surface area contributed by atoms with Gasteiger partial charge in [-0.2, -0.15) is 0 Å². The maximum atomic E-state index is 11.4. The molecule has 2 N–H and O–H groups in total. The van der Waals surface area contributed by atoms with Crippen LogP contribution in [0.1, 0.15) is 6.92 Å². The lowest BCUT2D eigenvalue weighted by Gasteiger charge is -2.21. The van der Waals surface area contributed by atoms with Crippen molar-refractivity contribution >= 4 is 5.91 Å². The fourth-order valence-electron chi connectivity index (χ4n) is 1.07. The van der Waals surface area contributed by atoms with E-state index in [4.69, 9.17) is 4.74 Å². The molecule has 1 saturated heterocycles. The van der Waals surface area contributed by atoms with Crippen LogP contribution in [0.5, 0.6) is 0 Å². The lowest BCUT2D eigenvalue weighted by atomic mass is 10.0. The quantitative estimate of drug-likeness (QED) is 0.464. The standard InChI is InChI=1S/C9H16N2O2/c1-7(8-5-10-6-8)9(12)11-3-4-13-2/h10H,3-6H2,1-2H3,(H,11,12). The van der Waals surface area contributed by atoms with Gasteiger partial charge in [-0.05, 0) is 12.5 Å². The molecular formula is C9H16N2O2. The molecule has 0 aliphatic carbocycles. The molecule has 13 heavy (non-hydrogen) atoms. The second-order valence-corrected chi connectivity index (χ2v) is 3.08.